The maximum absolute atomic E-state index is 13.2. The molecular weight excluding hydrogens is 354 g/mol. The molecule has 4 rings (SSSR count). The summed E-state index contributed by atoms with van der Waals surface area (Å²) in [6.07, 6.45) is 2.65. The largest absolute Gasteiger partial charge is 0.332 e. The van der Waals surface area contributed by atoms with Gasteiger partial charge in [-0.15, -0.1) is 0 Å². The van der Waals surface area contributed by atoms with Crippen molar-refractivity contribution in [1.29, 1.82) is 0 Å². The number of unbranched alkanes of at least 4 members (excludes halogenated alkanes) is 1. The fourth-order valence-electron chi connectivity index (χ4n) is 4.11. The van der Waals surface area contributed by atoms with Gasteiger partial charge in [-0.1, -0.05) is 31.0 Å². The van der Waals surface area contributed by atoms with E-state index in [0.717, 1.165) is 44.0 Å². The van der Waals surface area contributed by atoms with Crippen LogP contribution in [0.4, 0.5) is 11.6 Å². The molecule has 0 radical (unpaired) electrons. The molecule has 3 aromatic rings. The van der Waals surface area contributed by atoms with Crippen molar-refractivity contribution in [2.45, 2.75) is 53.1 Å². The van der Waals surface area contributed by atoms with E-state index >= 15 is 0 Å². The van der Waals surface area contributed by atoms with Crippen molar-refractivity contribution in [2.24, 2.45) is 7.05 Å². The minimum absolute atomic E-state index is 0.229. The first-order chi connectivity index (χ1) is 13.4. The summed E-state index contributed by atoms with van der Waals surface area (Å²) in [5.74, 6) is 0.744. The number of hydrogen-bond acceptors (Lipinski definition) is 4. The molecule has 3 heterocycles. The van der Waals surface area contributed by atoms with Crippen molar-refractivity contribution in [2.75, 3.05) is 11.4 Å². The third-order valence-corrected chi connectivity index (χ3v) is 5.60. The zero-order valence-corrected chi connectivity index (χ0v) is 17.0. The van der Waals surface area contributed by atoms with Crippen molar-refractivity contribution >= 4 is 22.8 Å². The Morgan fingerprint density at radius 3 is 2.64 bits per heavy atom. The second-order valence-electron chi connectivity index (χ2n) is 7.68. The number of aryl methyl sites for hydroxylation is 4. The molecule has 0 saturated heterocycles. The topological polar surface area (TPSA) is 65.1 Å². The predicted octanol–water partition coefficient (Wildman–Crippen LogP) is 2.86. The lowest BCUT2D eigenvalue weighted by Gasteiger charge is -2.30. The summed E-state index contributed by atoms with van der Waals surface area (Å²) in [7, 11) is 1.70. The Hall–Kier alpha value is -2.83. The van der Waals surface area contributed by atoms with Gasteiger partial charge in [0.05, 0.1) is 0 Å². The molecule has 7 heteroatoms. The van der Waals surface area contributed by atoms with Crippen LogP contribution in [0, 0.1) is 13.8 Å². The molecule has 0 atom stereocenters. The van der Waals surface area contributed by atoms with Gasteiger partial charge in [0.15, 0.2) is 11.2 Å². The van der Waals surface area contributed by atoms with Crippen LogP contribution in [0.1, 0.15) is 37.3 Å². The lowest BCUT2D eigenvalue weighted by atomic mass is 10.1. The summed E-state index contributed by atoms with van der Waals surface area (Å²) in [5, 5.41) is 0. The fourth-order valence-corrected chi connectivity index (χ4v) is 4.11. The second-order valence-corrected chi connectivity index (χ2v) is 7.68. The highest BCUT2D eigenvalue weighted by Crippen LogP contribution is 2.33. The minimum Gasteiger partial charge on any atom is -0.312 e. The maximum atomic E-state index is 13.2. The maximum Gasteiger partial charge on any atom is 0.332 e. The van der Waals surface area contributed by atoms with Gasteiger partial charge < -0.3 is 9.47 Å². The molecule has 0 spiro atoms. The van der Waals surface area contributed by atoms with E-state index in [4.69, 9.17) is 4.98 Å². The van der Waals surface area contributed by atoms with Gasteiger partial charge >= 0.3 is 5.69 Å². The van der Waals surface area contributed by atoms with Gasteiger partial charge in [-0.05, 0) is 38.3 Å². The summed E-state index contributed by atoms with van der Waals surface area (Å²) in [6.45, 7) is 8.24. The van der Waals surface area contributed by atoms with Gasteiger partial charge in [-0.25, -0.2) is 4.79 Å². The standard InChI is InChI=1S/C21H27N5O2/c1-5-6-10-26-19(27)17-18(23(4)21(26)28)22-20-24(11-7-12-25(17)20)16-9-8-14(2)13-15(16)3/h8-9,13H,5-7,10-12H2,1-4H3. The minimum atomic E-state index is -0.292. The van der Waals surface area contributed by atoms with Crippen molar-refractivity contribution < 1.29 is 0 Å². The lowest BCUT2D eigenvalue weighted by Crippen LogP contribution is -2.40. The highest BCUT2D eigenvalue weighted by atomic mass is 16.2. The Bertz CT molecular complexity index is 1170. The molecule has 0 saturated carbocycles. The SMILES string of the molecule is CCCCn1c(=O)c2c(nc3n2CCCN3c2ccc(C)cc2C)n(C)c1=O. The molecule has 0 unspecified atom stereocenters. The molecule has 0 N–H and O–H groups in total. The zero-order valence-electron chi connectivity index (χ0n) is 17.0. The molecule has 0 aliphatic carbocycles. The lowest BCUT2D eigenvalue weighted by molar-refractivity contribution is 0.560. The van der Waals surface area contributed by atoms with E-state index in [2.05, 4.69) is 43.9 Å². The van der Waals surface area contributed by atoms with Crippen molar-refractivity contribution in [3.63, 3.8) is 0 Å². The van der Waals surface area contributed by atoms with Crippen LogP contribution < -0.4 is 16.1 Å². The first-order valence-corrected chi connectivity index (χ1v) is 9.99. The van der Waals surface area contributed by atoms with E-state index < -0.39 is 0 Å². The third kappa shape index (κ3) is 2.77. The molecule has 1 aromatic carbocycles. The number of imidazole rings is 1. The van der Waals surface area contributed by atoms with Crippen LogP contribution in [0.2, 0.25) is 0 Å². The number of hydrogen-bond donors (Lipinski definition) is 0. The Labute approximate surface area is 163 Å². The van der Waals surface area contributed by atoms with Gasteiger partial charge in [-0.2, -0.15) is 4.98 Å². The highest BCUT2D eigenvalue weighted by Gasteiger charge is 2.27. The molecule has 148 valence electrons. The summed E-state index contributed by atoms with van der Waals surface area (Å²) in [5.41, 5.74) is 3.96. The molecule has 7 nitrogen and oxygen atoms in total. The van der Waals surface area contributed by atoms with E-state index in [0.29, 0.717) is 17.7 Å². The average Bonchev–Trinajstić information content (AvgIpc) is 3.06. The number of rotatable bonds is 4. The normalized spacial score (nSPS) is 13.9. The first-order valence-electron chi connectivity index (χ1n) is 9.99. The van der Waals surface area contributed by atoms with Crippen LogP contribution >= 0.6 is 0 Å². The average molecular weight is 381 g/mol. The van der Waals surface area contributed by atoms with Crippen molar-refractivity contribution in [1.82, 2.24) is 18.7 Å². The number of nitrogens with zero attached hydrogens (tertiary/aromatic N) is 5. The van der Waals surface area contributed by atoms with Gasteiger partial charge in [0.1, 0.15) is 0 Å². The predicted molar refractivity (Wildman–Crippen MR) is 112 cm³/mol. The summed E-state index contributed by atoms with van der Waals surface area (Å²) >= 11 is 0. The monoisotopic (exact) mass is 381 g/mol. The van der Waals surface area contributed by atoms with Crippen LogP contribution in [0.25, 0.3) is 11.2 Å². The van der Waals surface area contributed by atoms with Gasteiger partial charge in [-0.3, -0.25) is 13.9 Å². The van der Waals surface area contributed by atoms with Gasteiger partial charge in [0.25, 0.3) is 5.56 Å². The molecule has 1 aliphatic heterocycles. The first kappa shape index (κ1) is 18.5. The van der Waals surface area contributed by atoms with Crippen molar-refractivity contribution in [3.05, 3.63) is 50.2 Å². The zero-order chi connectivity index (χ0) is 20.0. The molecule has 28 heavy (non-hydrogen) atoms. The fraction of sp³-hybridized carbons (Fsp3) is 0.476. The second kappa shape index (κ2) is 6.96. The Morgan fingerprint density at radius 1 is 1.14 bits per heavy atom. The number of anilines is 2. The van der Waals surface area contributed by atoms with Crippen molar-refractivity contribution in [3.8, 4) is 0 Å². The van der Waals surface area contributed by atoms with Crippen LogP contribution in [0.3, 0.4) is 0 Å². The summed E-state index contributed by atoms with van der Waals surface area (Å²) in [4.78, 5) is 32.8. The Kier molecular flexibility index (Phi) is 4.61. The van der Waals surface area contributed by atoms with Gasteiger partial charge in [0.2, 0.25) is 5.95 Å². The number of fused-ring (bicyclic) bond motifs is 3. The Morgan fingerprint density at radius 2 is 1.93 bits per heavy atom. The van der Waals surface area contributed by atoms with Crippen LogP contribution in [-0.4, -0.2) is 25.2 Å². The molecule has 2 aromatic heterocycles. The quantitative estimate of drug-likeness (QED) is 0.697. The van der Waals surface area contributed by atoms with Crippen LogP contribution in [0.15, 0.2) is 27.8 Å². The van der Waals surface area contributed by atoms with Crippen LogP contribution in [-0.2, 0) is 20.1 Å². The van der Waals surface area contributed by atoms with E-state index in [-0.39, 0.29) is 11.2 Å². The summed E-state index contributed by atoms with van der Waals surface area (Å²) < 4.78 is 4.86. The highest BCUT2D eigenvalue weighted by molar-refractivity contribution is 5.77. The Balaban J connectivity index is 1.96. The van der Waals surface area contributed by atoms with E-state index in [1.165, 1.54) is 20.3 Å². The molecule has 0 fully saturated rings. The molecular formula is C21H27N5O2. The molecule has 0 amide bonds. The molecule has 1 aliphatic rings. The number of aromatic nitrogens is 4. The smallest absolute Gasteiger partial charge is 0.312 e. The third-order valence-electron chi connectivity index (χ3n) is 5.60. The van der Waals surface area contributed by atoms with Crippen LogP contribution in [0.5, 0.6) is 0 Å². The van der Waals surface area contributed by atoms with E-state index in [9.17, 15) is 9.59 Å². The number of benzene rings is 1. The van der Waals surface area contributed by atoms with E-state index in [1.807, 2.05) is 4.57 Å². The molecule has 0 bridgehead atoms. The van der Waals surface area contributed by atoms with E-state index in [1.54, 1.807) is 7.05 Å². The van der Waals surface area contributed by atoms with Gasteiger partial charge in [0, 0.05) is 32.4 Å². The summed E-state index contributed by atoms with van der Waals surface area (Å²) in [6, 6.07) is 6.36.